The van der Waals surface area contributed by atoms with E-state index in [4.69, 9.17) is 9.47 Å². The van der Waals surface area contributed by atoms with Gasteiger partial charge in [-0.25, -0.2) is 0 Å². The summed E-state index contributed by atoms with van der Waals surface area (Å²) in [4.78, 5) is 56.6. The average Bonchev–Trinajstić information content (AvgIpc) is 3.53. The molecule has 9 heteroatoms. The molecule has 0 bridgehead atoms. The Labute approximate surface area is 229 Å². The first-order chi connectivity index (χ1) is 18.7. The van der Waals surface area contributed by atoms with Gasteiger partial charge in [-0.2, -0.15) is 0 Å². The van der Waals surface area contributed by atoms with Crippen LogP contribution >= 0.6 is 11.3 Å². The zero-order valence-electron chi connectivity index (χ0n) is 21.7. The lowest BCUT2D eigenvalue weighted by Crippen LogP contribution is -2.40. The van der Waals surface area contributed by atoms with E-state index in [2.05, 4.69) is 0 Å². The monoisotopic (exact) mass is 545 g/mol. The highest BCUT2D eigenvalue weighted by Gasteiger charge is 2.56. The third-order valence-electron chi connectivity index (χ3n) is 8.36. The van der Waals surface area contributed by atoms with Gasteiger partial charge in [0, 0.05) is 45.2 Å². The largest absolute Gasteiger partial charge is 0.508 e. The van der Waals surface area contributed by atoms with E-state index in [9.17, 15) is 24.3 Å². The Morgan fingerprint density at radius 1 is 1.05 bits per heavy atom. The van der Waals surface area contributed by atoms with E-state index in [0.717, 1.165) is 10.5 Å². The summed E-state index contributed by atoms with van der Waals surface area (Å²) in [5.74, 6) is -2.80. The van der Waals surface area contributed by atoms with Gasteiger partial charge >= 0.3 is 0 Å². The van der Waals surface area contributed by atoms with E-state index in [1.54, 1.807) is 6.92 Å². The van der Waals surface area contributed by atoms with E-state index in [1.807, 2.05) is 23.6 Å². The first kappa shape index (κ1) is 25.3. The molecule has 1 aromatic carbocycles. The number of phenols is 1. The van der Waals surface area contributed by atoms with Crippen LogP contribution in [0.1, 0.15) is 36.1 Å². The highest BCUT2D eigenvalue weighted by Crippen LogP contribution is 2.58. The van der Waals surface area contributed by atoms with Crippen molar-refractivity contribution in [2.75, 3.05) is 14.2 Å². The molecule has 2 amide bonds. The second kappa shape index (κ2) is 9.34. The predicted molar refractivity (Wildman–Crippen MR) is 142 cm³/mol. The molecule has 3 aliphatic carbocycles. The number of allylic oxidation sites excluding steroid dienone is 6. The highest BCUT2D eigenvalue weighted by molar-refractivity contribution is 7.09. The molecule has 6 rings (SSSR count). The van der Waals surface area contributed by atoms with Gasteiger partial charge < -0.3 is 14.6 Å². The Balaban J connectivity index is 1.52. The topological polar surface area (TPSA) is 110 Å². The Kier molecular flexibility index (Phi) is 6.06. The van der Waals surface area contributed by atoms with Crippen LogP contribution in [0.4, 0.5) is 0 Å². The van der Waals surface area contributed by atoms with Crippen molar-refractivity contribution in [3.05, 3.63) is 74.5 Å². The van der Waals surface area contributed by atoms with Crippen molar-refractivity contribution in [2.24, 2.45) is 17.8 Å². The third-order valence-corrected chi connectivity index (χ3v) is 9.23. The zero-order valence-corrected chi connectivity index (χ0v) is 22.5. The molecule has 2 heterocycles. The van der Waals surface area contributed by atoms with Gasteiger partial charge in [-0.3, -0.25) is 24.1 Å². The van der Waals surface area contributed by atoms with Crippen LogP contribution in [-0.2, 0) is 25.7 Å². The first-order valence-corrected chi connectivity index (χ1v) is 13.7. The van der Waals surface area contributed by atoms with Gasteiger partial charge in [-0.15, -0.1) is 11.3 Å². The van der Waals surface area contributed by atoms with Crippen molar-refractivity contribution in [1.29, 1.82) is 0 Å². The summed E-state index contributed by atoms with van der Waals surface area (Å²) < 4.78 is 11.3. The summed E-state index contributed by atoms with van der Waals surface area (Å²) in [5, 5.41) is 12.2. The third kappa shape index (κ3) is 3.78. The summed E-state index contributed by atoms with van der Waals surface area (Å²) in [7, 11) is 2.91. The molecule has 1 aliphatic heterocycles. The fourth-order valence-electron chi connectivity index (χ4n) is 6.70. The van der Waals surface area contributed by atoms with Crippen LogP contribution in [0.5, 0.6) is 17.2 Å². The lowest BCUT2D eigenvalue weighted by atomic mass is 9.59. The Morgan fingerprint density at radius 3 is 2.41 bits per heavy atom. The molecule has 4 unspecified atom stereocenters. The number of thiophene rings is 1. The van der Waals surface area contributed by atoms with Crippen molar-refractivity contribution in [3.8, 4) is 17.2 Å². The number of imide groups is 1. The Hall–Kier alpha value is -3.98. The molecule has 0 saturated carbocycles. The average molecular weight is 546 g/mol. The van der Waals surface area contributed by atoms with E-state index in [0.29, 0.717) is 40.2 Å². The molecular formula is C30H27NO7S. The van der Waals surface area contributed by atoms with Gasteiger partial charge in [0.2, 0.25) is 11.8 Å². The fraction of sp³-hybridized carbons (Fsp3) is 0.333. The van der Waals surface area contributed by atoms with Crippen LogP contribution < -0.4 is 9.47 Å². The van der Waals surface area contributed by atoms with E-state index in [1.165, 1.54) is 48.7 Å². The minimum Gasteiger partial charge on any atom is -0.508 e. The van der Waals surface area contributed by atoms with Gasteiger partial charge in [0.25, 0.3) is 0 Å². The molecule has 1 saturated heterocycles. The molecule has 4 atom stereocenters. The molecule has 4 aliphatic rings. The number of nitrogens with zero attached hydrogens (tertiary/aromatic N) is 1. The van der Waals surface area contributed by atoms with E-state index >= 15 is 0 Å². The number of fused-ring (bicyclic) bond motifs is 3. The fourth-order valence-corrected chi connectivity index (χ4v) is 7.40. The zero-order chi connectivity index (χ0) is 27.6. The molecule has 2 aromatic rings. The maximum atomic E-state index is 13.9. The number of phenolic OH excluding ortho intramolecular Hbond substituents is 1. The molecule has 200 valence electrons. The molecule has 8 nitrogen and oxygen atoms in total. The number of ketones is 2. The standard InChI is InChI=1S/C30H27NO7S/c1-14-9-21(33)25-20(28(14)34)12-19-17(26(25)27-22(37-2)10-15(32)11-23(27)38-3)6-7-18-24(19)30(36)31(29(18)35)13-16-5-4-8-39-16/h4-6,8-11,18-19,24,26,32H,7,12-13H2,1-3H3. The van der Waals surface area contributed by atoms with Crippen LogP contribution in [-0.4, -0.2) is 47.6 Å². The first-order valence-electron chi connectivity index (χ1n) is 12.8. The second-order valence-corrected chi connectivity index (χ2v) is 11.4. The quantitative estimate of drug-likeness (QED) is 0.342. The van der Waals surface area contributed by atoms with Crippen molar-refractivity contribution in [3.63, 3.8) is 0 Å². The number of benzene rings is 1. The van der Waals surface area contributed by atoms with Gasteiger partial charge in [-0.05, 0) is 43.2 Å². The number of hydrogen-bond acceptors (Lipinski definition) is 8. The van der Waals surface area contributed by atoms with Crippen LogP contribution in [0.25, 0.3) is 0 Å². The van der Waals surface area contributed by atoms with Crippen LogP contribution in [0.2, 0.25) is 0 Å². The van der Waals surface area contributed by atoms with Crippen molar-refractivity contribution in [1.82, 2.24) is 4.90 Å². The molecule has 0 radical (unpaired) electrons. The van der Waals surface area contributed by atoms with Crippen LogP contribution in [0.15, 0.2) is 64.1 Å². The summed E-state index contributed by atoms with van der Waals surface area (Å²) >= 11 is 1.49. The number of likely N-dealkylation sites (tertiary alicyclic amines) is 1. The number of methoxy groups -OCH3 is 2. The highest BCUT2D eigenvalue weighted by atomic mass is 32.1. The lowest BCUT2D eigenvalue weighted by Gasteiger charge is -2.42. The molecule has 0 spiro atoms. The van der Waals surface area contributed by atoms with Crippen LogP contribution in [0, 0.1) is 17.8 Å². The van der Waals surface area contributed by atoms with E-state index < -0.39 is 23.7 Å². The number of Topliss-reactive ketones (excluding diaryl/α,β-unsaturated/α-hetero) is 1. The molecule has 1 aromatic heterocycles. The maximum absolute atomic E-state index is 13.9. The number of carbonyl (C=O) groups is 4. The Morgan fingerprint density at radius 2 is 1.77 bits per heavy atom. The number of hydrogen-bond donors (Lipinski definition) is 1. The normalized spacial score (nSPS) is 26.2. The molecule has 1 N–H and O–H groups in total. The van der Waals surface area contributed by atoms with Crippen LogP contribution in [0.3, 0.4) is 0 Å². The molecular weight excluding hydrogens is 518 g/mol. The number of aromatic hydroxyl groups is 1. The van der Waals surface area contributed by atoms with E-state index in [-0.39, 0.29) is 42.1 Å². The maximum Gasteiger partial charge on any atom is 0.234 e. The van der Waals surface area contributed by atoms with Gasteiger partial charge in [0.05, 0.1) is 32.6 Å². The smallest absolute Gasteiger partial charge is 0.234 e. The number of ether oxygens (including phenoxy) is 2. The molecule has 39 heavy (non-hydrogen) atoms. The van der Waals surface area contributed by atoms with Crippen molar-refractivity contribution in [2.45, 2.75) is 32.2 Å². The predicted octanol–water partition coefficient (Wildman–Crippen LogP) is 4.10. The second-order valence-electron chi connectivity index (χ2n) is 10.3. The van der Waals surface area contributed by atoms with Gasteiger partial charge in [-0.1, -0.05) is 17.7 Å². The minimum atomic E-state index is -0.736. The summed E-state index contributed by atoms with van der Waals surface area (Å²) in [6, 6.07) is 6.67. The van der Waals surface area contributed by atoms with Crippen molar-refractivity contribution >= 4 is 34.7 Å². The number of rotatable bonds is 5. The number of amides is 2. The summed E-state index contributed by atoms with van der Waals surface area (Å²) in [6.45, 7) is 1.84. The van der Waals surface area contributed by atoms with Crippen molar-refractivity contribution < 1.29 is 33.8 Å². The van der Waals surface area contributed by atoms with Gasteiger partial charge in [0.15, 0.2) is 11.6 Å². The summed E-state index contributed by atoms with van der Waals surface area (Å²) in [6.07, 6.45) is 3.85. The SMILES string of the molecule is COc1cc(O)cc(OC)c1C1C2=CCC3C(=O)N(Cc4cccs4)C(=O)C3C2CC2=C1C(=O)C=C(C)C2=O. The number of carbonyl (C=O) groups excluding carboxylic acids is 4. The summed E-state index contributed by atoms with van der Waals surface area (Å²) in [5.41, 5.74) is 2.34. The Bertz CT molecular complexity index is 1510. The van der Waals surface area contributed by atoms with Gasteiger partial charge in [0.1, 0.15) is 17.2 Å². The minimum absolute atomic E-state index is 0.0747. The molecule has 1 fully saturated rings. The lowest BCUT2D eigenvalue weighted by molar-refractivity contribution is -0.140.